The number of amides is 1. The number of aryl methyl sites for hydroxylation is 2. The Morgan fingerprint density at radius 2 is 1.95 bits per heavy atom. The summed E-state index contributed by atoms with van der Waals surface area (Å²) in [6.07, 6.45) is 5.26. The molecule has 0 saturated heterocycles. The lowest BCUT2D eigenvalue weighted by Crippen LogP contribution is -2.11. The van der Waals surface area contributed by atoms with Gasteiger partial charge in [0.2, 0.25) is 5.91 Å². The molecule has 2 rings (SSSR count). The van der Waals surface area contributed by atoms with Crippen LogP contribution in [0, 0.1) is 13.8 Å². The van der Waals surface area contributed by atoms with Crippen molar-refractivity contribution in [1.29, 1.82) is 0 Å². The Bertz CT molecular complexity index is 523. The lowest BCUT2D eigenvalue weighted by Gasteiger charge is -2.09. The van der Waals surface area contributed by atoms with E-state index in [1.807, 2.05) is 0 Å². The normalized spacial score (nSPS) is 10.7. The first-order valence-electron chi connectivity index (χ1n) is 7.09. The van der Waals surface area contributed by atoms with E-state index < -0.39 is 0 Å². The van der Waals surface area contributed by atoms with Crippen LogP contribution in [-0.4, -0.2) is 20.7 Å². The molecule has 0 unspecified atom stereocenters. The fraction of sp³-hybridized carbons (Fsp3) is 0.467. The highest BCUT2D eigenvalue weighted by Crippen LogP contribution is 2.10. The molecule has 5 heteroatoms. The Hall–Kier alpha value is -2.04. The minimum atomic E-state index is 0.0441. The van der Waals surface area contributed by atoms with E-state index in [4.69, 9.17) is 0 Å². The first-order valence-corrected chi connectivity index (χ1v) is 7.09. The van der Waals surface area contributed by atoms with Crippen molar-refractivity contribution in [2.24, 2.45) is 0 Å². The van der Waals surface area contributed by atoms with Gasteiger partial charge in [-0.05, 0) is 38.8 Å². The van der Waals surface area contributed by atoms with E-state index in [0.29, 0.717) is 12.2 Å². The van der Waals surface area contributed by atoms with Crippen LogP contribution in [0.1, 0.15) is 37.1 Å². The molecule has 0 atom stereocenters. The molecule has 0 radical (unpaired) electrons. The number of hydrogen-bond acceptors (Lipinski definition) is 2. The maximum atomic E-state index is 11.6. The molecule has 0 aliphatic carbocycles. The molecular formula is C15H22N4O. The molecule has 0 aliphatic rings. The smallest absolute Gasteiger partial charge is 0.225 e. The maximum absolute atomic E-state index is 11.6. The fourth-order valence-corrected chi connectivity index (χ4v) is 2.32. The largest absolute Gasteiger partial charge is 0.349 e. The van der Waals surface area contributed by atoms with Crippen LogP contribution in [0.15, 0.2) is 24.4 Å². The van der Waals surface area contributed by atoms with Gasteiger partial charge in [-0.1, -0.05) is 6.42 Å². The van der Waals surface area contributed by atoms with E-state index in [0.717, 1.165) is 25.8 Å². The molecule has 2 heterocycles. The van der Waals surface area contributed by atoms with Crippen LogP contribution >= 0.6 is 0 Å². The summed E-state index contributed by atoms with van der Waals surface area (Å²) in [6.45, 7) is 5.29. The van der Waals surface area contributed by atoms with Gasteiger partial charge in [-0.15, -0.1) is 0 Å². The maximum Gasteiger partial charge on any atom is 0.225 e. The van der Waals surface area contributed by atoms with Crippen LogP contribution < -0.4 is 5.32 Å². The second kappa shape index (κ2) is 6.93. The van der Waals surface area contributed by atoms with Gasteiger partial charge in [0.05, 0.1) is 6.20 Å². The molecule has 2 N–H and O–H groups in total. The van der Waals surface area contributed by atoms with Crippen LogP contribution in [0.2, 0.25) is 0 Å². The molecule has 0 fully saturated rings. The van der Waals surface area contributed by atoms with E-state index in [1.165, 1.54) is 11.4 Å². The van der Waals surface area contributed by atoms with Crippen molar-refractivity contribution in [2.75, 3.05) is 5.32 Å². The molecule has 2 aromatic heterocycles. The van der Waals surface area contributed by atoms with Crippen molar-refractivity contribution in [3.8, 4) is 0 Å². The van der Waals surface area contributed by atoms with Crippen LogP contribution in [0.25, 0.3) is 0 Å². The van der Waals surface area contributed by atoms with Gasteiger partial charge >= 0.3 is 0 Å². The summed E-state index contributed by atoms with van der Waals surface area (Å²) in [7, 11) is 0. The average molecular weight is 274 g/mol. The highest BCUT2D eigenvalue weighted by atomic mass is 16.1. The van der Waals surface area contributed by atoms with E-state index in [1.54, 1.807) is 12.3 Å². The lowest BCUT2D eigenvalue weighted by atomic mass is 10.2. The zero-order valence-corrected chi connectivity index (χ0v) is 12.1. The molecule has 1 amide bonds. The summed E-state index contributed by atoms with van der Waals surface area (Å²) in [5.41, 5.74) is 2.61. The van der Waals surface area contributed by atoms with Crippen molar-refractivity contribution in [3.63, 3.8) is 0 Å². The van der Waals surface area contributed by atoms with E-state index >= 15 is 0 Å². The zero-order chi connectivity index (χ0) is 14.4. The molecular weight excluding hydrogens is 252 g/mol. The predicted molar refractivity (Wildman–Crippen MR) is 79.6 cm³/mol. The van der Waals surface area contributed by atoms with E-state index in [9.17, 15) is 4.79 Å². The summed E-state index contributed by atoms with van der Waals surface area (Å²) < 4.78 is 2.32. The van der Waals surface area contributed by atoms with Crippen LogP contribution in [0.5, 0.6) is 0 Å². The molecule has 0 saturated carbocycles. The molecule has 108 valence electrons. The molecule has 0 aromatic carbocycles. The SMILES string of the molecule is Cc1ccc(C)n1CCCCCC(=O)Nc1ccn[nH]1. The number of anilines is 1. The Morgan fingerprint density at radius 1 is 1.20 bits per heavy atom. The summed E-state index contributed by atoms with van der Waals surface area (Å²) in [5, 5.41) is 9.29. The number of nitrogens with one attached hydrogen (secondary N) is 2. The van der Waals surface area contributed by atoms with Gasteiger partial charge in [-0.3, -0.25) is 9.89 Å². The number of aromatic nitrogens is 3. The van der Waals surface area contributed by atoms with Crippen molar-refractivity contribution >= 4 is 11.7 Å². The summed E-state index contributed by atoms with van der Waals surface area (Å²) in [6, 6.07) is 6.04. The van der Waals surface area contributed by atoms with Crippen LogP contribution in [-0.2, 0) is 11.3 Å². The molecule has 0 bridgehead atoms. The Morgan fingerprint density at radius 3 is 2.60 bits per heavy atom. The van der Waals surface area contributed by atoms with Gasteiger partial charge < -0.3 is 9.88 Å². The Kier molecular flexibility index (Phi) is 4.98. The quantitative estimate of drug-likeness (QED) is 0.762. The topological polar surface area (TPSA) is 62.7 Å². The van der Waals surface area contributed by atoms with Crippen LogP contribution in [0.3, 0.4) is 0 Å². The minimum Gasteiger partial charge on any atom is -0.349 e. The number of hydrogen-bond donors (Lipinski definition) is 2. The van der Waals surface area contributed by atoms with Crippen molar-refractivity contribution in [1.82, 2.24) is 14.8 Å². The van der Waals surface area contributed by atoms with Gasteiger partial charge in [0, 0.05) is 30.4 Å². The number of carbonyl (C=O) groups excluding carboxylic acids is 1. The Labute approximate surface area is 119 Å². The fourth-order valence-electron chi connectivity index (χ4n) is 2.32. The second-order valence-corrected chi connectivity index (χ2v) is 5.10. The number of carbonyl (C=O) groups is 1. The highest BCUT2D eigenvalue weighted by Gasteiger charge is 2.04. The van der Waals surface area contributed by atoms with Crippen molar-refractivity contribution in [2.45, 2.75) is 46.1 Å². The Balaban J connectivity index is 1.61. The monoisotopic (exact) mass is 274 g/mol. The van der Waals surface area contributed by atoms with Gasteiger partial charge in [0.1, 0.15) is 5.82 Å². The molecule has 0 spiro atoms. The standard InChI is InChI=1S/C15H22N4O/c1-12-7-8-13(2)19(12)11-5-3-4-6-15(20)17-14-9-10-16-18-14/h7-10H,3-6,11H2,1-2H3,(H2,16,17,18,20). The third-order valence-electron chi connectivity index (χ3n) is 3.48. The molecule has 5 nitrogen and oxygen atoms in total. The van der Waals surface area contributed by atoms with Gasteiger partial charge in [0.25, 0.3) is 0 Å². The summed E-state index contributed by atoms with van der Waals surface area (Å²) in [5.74, 6) is 0.705. The third kappa shape index (κ3) is 3.98. The number of rotatable bonds is 7. The molecule has 20 heavy (non-hydrogen) atoms. The van der Waals surface area contributed by atoms with E-state index in [-0.39, 0.29) is 5.91 Å². The van der Waals surface area contributed by atoms with Crippen molar-refractivity contribution < 1.29 is 4.79 Å². The third-order valence-corrected chi connectivity index (χ3v) is 3.48. The first kappa shape index (κ1) is 14.4. The predicted octanol–water partition coefficient (Wildman–Crippen LogP) is 3.03. The summed E-state index contributed by atoms with van der Waals surface area (Å²) in [4.78, 5) is 11.6. The average Bonchev–Trinajstić information content (AvgIpc) is 3.02. The zero-order valence-electron chi connectivity index (χ0n) is 12.1. The highest BCUT2D eigenvalue weighted by molar-refractivity contribution is 5.89. The lowest BCUT2D eigenvalue weighted by molar-refractivity contribution is -0.116. The van der Waals surface area contributed by atoms with Gasteiger partial charge in [-0.2, -0.15) is 5.10 Å². The molecule has 0 aliphatic heterocycles. The second-order valence-electron chi connectivity index (χ2n) is 5.10. The number of aromatic amines is 1. The van der Waals surface area contributed by atoms with Crippen LogP contribution in [0.4, 0.5) is 5.82 Å². The minimum absolute atomic E-state index is 0.0441. The first-order chi connectivity index (χ1) is 9.66. The van der Waals surface area contributed by atoms with Crippen molar-refractivity contribution in [3.05, 3.63) is 35.8 Å². The van der Waals surface area contributed by atoms with E-state index in [2.05, 4.69) is 46.1 Å². The number of nitrogens with zero attached hydrogens (tertiary/aromatic N) is 2. The number of H-pyrrole nitrogens is 1. The molecule has 2 aromatic rings. The number of unbranched alkanes of at least 4 members (excludes halogenated alkanes) is 2. The van der Waals surface area contributed by atoms with Gasteiger partial charge in [-0.25, -0.2) is 0 Å². The van der Waals surface area contributed by atoms with Gasteiger partial charge in [0.15, 0.2) is 0 Å². The summed E-state index contributed by atoms with van der Waals surface area (Å²) >= 11 is 0.